The number of primary amides is 1. The number of thiophene rings is 1. The van der Waals surface area contributed by atoms with Gasteiger partial charge in [0, 0.05) is 12.4 Å². The molecule has 76 valence electrons. The third-order valence-electron chi connectivity index (χ3n) is 1.55. The minimum Gasteiger partial charge on any atom is -0.368 e. The van der Waals surface area contributed by atoms with Gasteiger partial charge in [0.05, 0.1) is 15.0 Å². The zero-order valence-electron chi connectivity index (χ0n) is 7.49. The smallest absolute Gasteiger partial charge is 0.254 e. The van der Waals surface area contributed by atoms with Crippen molar-refractivity contribution in [2.75, 3.05) is 13.6 Å². The van der Waals surface area contributed by atoms with Gasteiger partial charge in [-0.05, 0) is 28.7 Å². The number of amides is 2. The second-order valence-corrected chi connectivity index (χ2v) is 5.57. The first-order valence-electron chi connectivity index (χ1n) is 3.78. The molecule has 4 nitrogen and oxygen atoms in total. The van der Waals surface area contributed by atoms with Crippen LogP contribution in [0.4, 0.5) is 0 Å². The Hall–Kier alpha value is -0.630. The molecule has 0 aromatic carbocycles. The quantitative estimate of drug-likeness (QED) is 0.840. The molecule has 1 heterocycles. The lowest BCUT2D eigenvalue weighted by atomic mass is 10.3. The van der Waals surface area contributed by atoms with Gasteiger partial charge in [-0.2, -0.15) is 0 Å². The Labute approximate surface area is 99.2 Å². The van der Waals surface area contributed by atoms with Crippen LogP contribution in [-0.4, -0.2) is 30.3 Å². The van der Waals surface area contributed by atoms with Gasteiger partial charge in [-0.25, -0.2) is 0 Å². The molecule has 0 saturated heterocycles. The molecular formula is C8H9IN2O2S. The highest BCUT2D eigenvalue weighted by Gasteiger charge is 2.14. The van der Waals surface area contributed by atoms with E-state index >= 15 is 0 Å². The first-order valence-corrected chi connectivity index (χ1v) is 5.74. The van der Waals surface area contributed by atoms with Crippen LogP contribution in [0.2, 0.25) is 0 Å². The van der Waals surface area contributed by atoms with E-state index < -0.39 is 5.91 Å². The topological polar surface area (TPSA) is 63.4 Å². The molecule has 0 unspecified atom stereocenters. The van der Waals surface area contributed by atoms with Crippen LogP contribution in [-0.2, 0) is 4.79 Å². The molecule has 1 aromatic heterocycles. The summed E-state index contributed by atoms with van der Waals surface area (Å²) in [6, 6.07) is 1.78. The van der Waals surface area contributed by atoms with Crippen molar-refractivity contribution in [2.45, 2.75) is 0 Å². The predicted octanol–water partition coefficient (Wildman–Crippen LogP) is 0.910. The molecule has 1 aromatic rings. The largest absolute Gasteiger partial charge is 0.368 e. The van der Waals surface area contributed by atoms with Crippen LogP contribution < -0.4 is 5.73 Å². The summed E-state index contributed by atoms with van der Waals surface area (Å²) in [5.74, 6) is -0.686. The van der Waals surface area contributed by atoms with Gasteiger partial charge in [-0.15, -0.1) is 11.3 Å². The lowest BCUT2D eigenvalue weighted by Crippen LogP contribution is -2.35. The maximum atomic E-state index is 11.6. The summed E-state index contributed by atoms with van der Waals surface area (Å²) in [5.41, 5.74) is 5.58. The Bertz CT molecular complexity index is 364. The van der Waals surface area contributed by atoms with Crippen molar-refractivity contribution >= 4 is 45.7 Å². The molecule has 0 spiro atoms. The number of nitrogens with two attached hydrogens (primary N) is 1. The molecule has 2 amide bonds. The van der Waals surface area contributed by atoms with Gasteiger partial charge in [0.25, 0.3) is 5.91 Å². The van der Waals surface area contributed by atoms with Crippen LogP contribution in [0.3, 0.4) is 0 Å². The Kier molecular flexibility index (Phi) is 3.87. The van der Waals surface area contributed by atoms with Crippen LogP contribution in [0.15, 0.2) is 11.4 Å². The third kappa shape index (κ3) is 2.95. The number of hydrogen-bond acceptors (Lipinski definition) is 3. The van der Waals surface area contributed by atoms with E-state index in [-0.39, 0.29) is 12.5 Å². The molecule has 1 rings (SSSR count). The minimum absolute atomic E-state index is 0.0503. The Morgan fingerprint density at radius 2 is 2.29 bits per heavy atom. The number of likely N-dealkylation sites (N-methyl/N-ethyl adjacent to an activating group) is 1. The zero-order valence-corrected chi connectivity index (χ0v) is 10.5. The maximum absolute atomic E-state index is 11.6. The molecule has 0 aliphatic rings. The van der Waals surface area contributed by atoms with Crippen LogP contribution in [0.5, 0.6) is 0 Å². The van der Waals surface area contributed by atoms with Crippen LogP contribution in [0.1, 0.15) is 10.4 Å². The standard InChI is InChI=1S/C8H9IN2O2S/c1-11(3-7(10)12)8(13)5-2-6(9)14-4-5/h2,4H,3H2,1H3,(H2,10,12). The fraction of sp³-hybridized carbons (Fsp3) is 0.250. The van der Waals surface area contributed by atoms with Gasteiger partial charge in [0.2, 0.25) is 5.91 Å². The van der Waals surface area contributed by atoms with E-state index in [0.717, 1.165) is 2.88 Å². The average molecular weight is 324 g/mol. The summed E-state index contributed by atoms with van der Waals surface area (Å²) in [7, 11) is 1.55. The molecule has 0 aliphatic heterocycles. The van der Waals surface area contributed by atoms with Crippen molar-refractivity contribution < 1.29 is 9.59 Å². The minimum atomic E-state index is -0.509. The van der Waals surface area contributed by atoms with Gasteiger partial charge in [0.15, 0.2) is 0 Å². The third-order valence-corrected chi connectivity index (χ3v) is 3.34. The van der Waals surface area contributed by atoms with Crippen molar-refractivity contribution in [1.82, 2.24) is 4.90 Å². The zero-order chi connectivity index (χ0) is 10.7. The summed E-state index contributed by atoms with van der Waals surface area (Å²) in [6.07, 6.45) is 0. The summed E-state index contributed by atoms with van der Waals surface area (Å²) < 4.78 is 1.04. The monoisotopic (exact) mass is 324 g/mol. The Morgan fingerprint density at radius 1 is 1.64 bits per heavy atom. The van der Waals surface area contributed by atoms with E-state index in [1.54, 1.807) is 18.5 Å². The van der Waals surface area contributed by atoms with Gasteiger partial charge in [0.1, 0.15) is 0 Å². The molecular weight excluding hydrogens is 315 g/mol. The maximum Gasteiger partial charge on any atom is 0.254 e. The molecule has 0 aliphatic carbocycles. The number of hydrogen-bond donors (Lipinski definition) is 1. The van der Waals surface area contributed by atoms with Gasteiger partial charge < -0.3 is 10.6 Å². The van der Waals surface area contributed by atoms with Crippen molar-refractivity contribution in [3.63, 3.8) is 0 Å². The number of rotatable bonds is 3. The molecule has 0 fully saturated rings. The Morgan fingerprint density at radius 3 is 2.71 bits per heavy atom. The second kappa shape index (κ2) is 4.74. The number of nitrogens with zero attached hydrogens (tertiary/aromatic N) is 1. The molecule has 0 radical (unpaired) electrons. The molecule has 0 bridgehead atoms. The molecule has 6 heteroatoms. The van der Waals surface area contributed by atoms with E-state index in [0.29, 0.717) is 5.56 Å². The molecule has 14 heavy (non-hydrogen) atoms. The molecule has 0 atom stereocenters. The lowest BCUT2D eigenvalue weighted by Gasteiger charge is -2.13. The number of carbonyl (C=O) groups is 2. The van der Waals surface area contributed by atoms with E-state index in [9.17, 15) is 9.59 Å². The highest BCUT2D eigenvalue weighted by molar-refractivity contribution is 14.1. The normalized spacial score (nSPS) is 9.86. The van der Waals surface area contributed by atoms with Crippen molar-refractivity contribution in [3.05, 3.63) is 19.9 Å². The van der Waals surface area contributed by atoms with Gasteiger partial charge in [-0.3, -0.25) is 9.59 Å². The molecule has 2 N–H and O–H groups in total. The first-order chi connectivity index (χ1) is 6.50. The second-order valence-electron chi connectivity index (χ2n) is 2.77. The van der Waals surface area contributed by atoms with Crippen LogP contribution in [0.25, 0.3) is 0 Å². The predicted molar refractivity (Wildman–Crippen MR) is 63.2 cm³/mol. The highest BCUT2D eigenvalue weighted by atomic mass is 127. The van der Waals surface area contributed by atoms with Gasteiger partial charge >= 0.3 is 0 Å². The highest BCUT2D eigenvalue weighted by Crippen LogP contribution is 2.17. The van der Waals surface area contributed by atoms with Crippen LogP contribution in [0, 0.1) is 2.88 Å². The van der Waals surface area contributed by atoms with E-state index in [2.05, 4.69) is 22.6 Å². The summed E-state index contributed by atoms with van der Waals surface area (Å²) in [6.45, 7) is -0.0503. The summed E-state index contributed by atoms with van der Waals surface area (Å²) in [4.78, 5) is 23.5. The summed E-state index contributed by atoms with van der Waals surface area (Å²) >= 11 is 3.63. The van der Waals surface area contributed by atoms with Crippen LogP contribution >= 0.6 is 33.9 Å². The lowest BCUT2D eigenvalue weighted by molar-refractivity contribution is -0.118. The van der Waals surface area contributed by atoms with Crippen molar-refractivity contribution in [1.29, 1.82) is 0 Å². The van der Waals surface area contributed by atoms with Crippen molar-refractivity contribution in [3.8, 4) is 0 Å². The average Bonchev–Trinajstić information content (AvgIpc) is 2.49. The number of carbonyl (C=O) groups excluding carboxylic acids is 2. The van der Waals surface area contributed by atoms with Gasteiger partial charge in [-0.1, -0.05) is 0 Å². The van der Waals surface area contributed by atoms with E-state index in [4.69, 9.17) is 5.73 Å². The fourth-order valence-electron chi connectivity index (χ4n) is 0.948. The number of halogens is 1. The van der Waals surface area contributed by atoms with Crippen molar-refractivity contribution in [2.24, 2.45) is 5.73 Å². The molecule has 0 saturated carbocycles. The SMILES string of the molecule is CN(CC(N)=O)C(=O)c1csc(I)c1. The fourth-order valence-corrected chi connectivity index (χ4v) is 2.27. The first kappa shape index (κ1) is 11.4. The summed E-state index contributed by atoms with van der Waals surface area (Å²) in [5, 5.41) is 1.77. The van der Waals surface area contributed by atoms with E-state index in [1.807, 2.05) is 0 Å². The van der Waals surface area contributed by atoms with E-state index in [1.165, 1.54) is 16.2 Å². The Balaban J connectivity index is 2.70.